The standard InChI is InChI=1S/C18H19NO4/c1-9(20)22-14-5-3-11-12-8-10-2-4-13(21)16-15(10)18(11,6-7-19-12)17(14)23-16/h2-5,11-12,14,17,19,21H,6-8H2,1H3/t11-,12?,14-,17-,18-/m0/s1. The third-order valence-electron chi connectivity index (χ3n) is 5.96. The van der Waals surface area contributed by atoms with Gasteiger partial charge in [-0.25, -0.2) is 0 Å². The maximum atomic E-state index is 11.5. The molecule has 2 bridgehead atoms. The second kappa shape index (κ2) is 4.29. The summed E-state index contributed by atoms with van der Waals surface area (Å²) in [6, 6.07) is 4.09. The number of rotatable bonds is 1. The van der Waals surface area contributed by atoms with E-state index in [2.05, 4.69) is 11.4 Å². The van der Waals surface area contributed by atoms with Crippen LogP contribution in [0.15, 0.2) is 24.3 Å². The topological polar surface area (TPSA) is 67.8 Å². The van der Waals surface area contributed by atoms with Gasteiger partial charge in [-0.15, -0.1) is 0 Å². The molecule has 1 saturated heterocycles. The molecule has 0 radical (unpaired) electrons. The highest BCUT2D eigenvalue weighted by atomic mass is 16.6. The van der Waals surface area contributed by atoms with E-state index in [4.69, 9.17) is 9.47 Å². The molecule has 120 valence electrons. The quantitative estimate of drug-likeness (QED) is 0.606. The Morgan fingerprint density at radius 3 is 3.13 bits per heavy atom. The number of hydrogen-bond acceptors (Lipinski definition) is 5. The summed E-state index contributed by atoms with van der Waals surface area (Å²) in [6.45, 7) is 2.34. The lowest BCUT2D eigenvalue weighted by Crippen LogP contribution is -2.65. The minimum Gasteiger partial charge on any atom is -0.504 e. The highest BCUT2D eigenvalue weighted by Gasteiger charge is 2.64. The number of ether oxygens (including phenoxy) is 2. The van der Waals surface area contributed by atoms with Crippen LogP contribution < -0.4 is 10.1 Å². The zero-order chi connectivity index (χ0) is 15.8. The number of hydrogen-bond donors (Lipinski definition) is 2. The summed E-state index contributed by atoms with van der Waals surface area (Å²) in [6.07, 6.45) is 5.35. The van der Waals surface area contributed by atoms with E-state index in [0.29, 0.717) is 17.7 Å². The monoisotopic (exact) mass is 313 g/mol. The predicted octanol–water partition coefficient (Wildman–Crippen LogP) is 1.43. The van der Waals surface area contributed by atoms with E-state index < -0.39 is 6.10 Å². The first-order valence-electron chi connectivity index (χ1n) is 8.22. The molecule has 2 aliphatic heterocycles. The van der Waals surface area contributed by atoms with Crippen LogP contribution in [0.4, 0.5) is 0 Å². The molecular formula is C18H19NO4. The number of phenolic OH excluding ortho intramolecular Hbond substituents is 1. The maximum absolute atomic E-state index is 11.5. The van der Waals surface area contributed by atoms with Crippen molar-refractivity contribution in [2.45, 2.75) is 43.4 Å². The number of carbonyl (C=O) groups is 1. The van der Waals surface area contributed by atoms with Gasteiger partial charge in [0, 0.05) is 29.9 Å². The Hall–Kier alpha value is -2.01. The van der Waals surface area contributed by atoms with Crippen molar-refractivity contribution in [3.8, 4) is 11.5 Å². The molecule has 23 heavy (non-hydrogen) atoms. The number of phenols is 1. The number of nitrogens with one attached hydrogen (secondary N) is 1. The fraction of sp³-hybridized carbons (Fsp3) is 0.500. The maximum Gasteiger partial charge on any atom is 0.303 e. The van der Waals surface area contributed by atoms with Gasteiger partial charge < -0.3 is 19.9 Å². The molecule has 2 aliphatic carbocycles. The van der Waals surface area contributed by atoms with Gasteiger partial charge in [0.05, 0.1) is 0 Å². The summed E-state index contributed by atoms with van der Waals surface area (Å²) in [4.78, 5) is 11.5. The first kappa shape index (κ1) is 13.4. The van der Waals surface area contributed by atoms with Gasteiger partial charge in [-0.05, 0) is 37.1 Å². The van der Waals surface area contributed by atoms with Crippen LogP contribution >= 0.6 is 0 Å². The molecule has 1 aromatic rings. The van der Waals surface area contributed by atoms with Gasteiger partial charge in [0.2, 0.25) is 0 Å². The first-order valence-corrected chi connectivity index (χ1v) is 8.22. The second-order valence-electron chi connectivity index (χ2n) is 7.03. The molecule has 5 atom stereocenters. The molecule has 5 heteroatoms. The number of aromatic hydroxyl groups is 1. The van der Waals surface area contributed by atoms with Crippen LogP contribution in [0.2, 0.25) is 0 Å². The van der Waals surface area contributed by atoms with Gasteiger partial charge >= 0.3 is 5.97 Å². The van der Waals surface area contributed by atoms with E-state index in [1.54, 1.807) is 6.07 Å². The number of carbonyl (C=O) groups excluding carboxylic acids is 1. The van der Waals surface area contributed by atoms with E-state index in [1.807, 2.05) is 12.1 Å². The molecule has 0 aromatic heterocycles. The molecule has 2 heterocycles. The summed E-state index contributed by atoms with van der Waals surface area (Å²) in [5, 5.41) is 13.9. The summed E-state index contributed by atoms with van der Waals surface area (Å²) >= 11 is 0. The van der Waals surface area contributed by atoms with Crippen LogP contribution in [0.1, 0.15) is 24.5 Å². The van der Waals surface area contributed by atoms with Gasteiger partial charge in [-0.2, -0.15) is 0 Å². The Labute approximate surface area is 134 Å². The van der Waals surface area contributed by atoms with Gasteiger partial charge in [0.25, 0.3) is 0 Å². The molecule has 1 spiro atoms. The zero-order valence-corrected chi connectivity index (χ0v) is 12.9. The lowest BCUT2D eigenvalue weighted by atomic mass is 9.53. The van der Waals surface area contributed by atoms with Crippen molar-refractivity contribution >= 4 is 5.97 Å². The van der Waals surface area contributed by atoms with Crippen LogP contribution in [0.25, 0.3) is 0 Å². The molecule has 0 amide bonds. The Morgan fingerprint density at radius 1 is 1.43 bits per heavy atom. The highest BCUT2D eigenvalue weighted by Crippen LogP contribution is 2.61. The van der Waals surface area contributed by atoms with Crippen molar-refractivity contribution < 1.29 is 19.4 Å². The number of esters is 1. The zero-order valence-electron chi connectivity index (χ0n) is 12.9. The van der Waals surface area contributed by atoms with Crippen LogP contribution in [-0.2, 0) is 21.4 Å². The number of benzene rings is 1. The predicted molar refractivity (Wildman–Crippen MR) is 82.5 cm³/mol. The van der Waals surface area contributed by atoms with Crippen molar-refractivity contribution in [3.63, 3.8) is 0 Å². The van der Waals surface area contributed by atoms with Crippen LogP contribution in [-0.4, -0.2) is 35.9 Å². The van der Waals surface area contributed by atoms with E-state index >= 15 is 0 Å². The van der Waals surface area contributed by atoms with Crippen LogP contribution in [0.5, 0.6) is 11.5 Å². The van der Waals surface area contributed by atoms with Crippen molar-refractivity contribution in [2.75, 3.05) is 6.54 Å². The molecule has 1 aromatic carbocycles. The largest absolute Gasteiger partial charge is 0.504 e. The van der Waals surface area contributed by atoms with Gasteiger partial charge in [-0.3, -0.25) is 4.79 Å². The molecule has 4 aliphatic rings. The van der Waals surface area contributed by atoms with Crippen molar-refractivity contribution in [2.24, 2.45) is 5.92 Å². The Kier molecular flexibility index (Phi) is 2.51. The Morgan fingerprint density at radius 2 is 2.30 bits per heavy atom. The third kappa shape index (κ3) is 1.53. The average molecular weight is 313 g/mol. The lowest BCUT2D eigenvalue weighted by Gasteiger charge is -2.54. The summed E-state index contributed by atoms with van der Waals surface area (Å²) in [7, 11) is 0. The highest BCUT2D eigenvalue weighted by molar-refractivity contribution is 5.67. The fourth-order valence-corrected chi connectivity index (χ4v) is 5.25. The molecule has 0 saturated carbocycles. The average Bonchev–Trinajstić information content (AvgIpc) is 2.85. The first-order chi connectivity index (χ1) is 11.1. The molecule has 2 N–H and O–H groups in total. The lowest BCUT2D eigenvalue weighted by molar-refractivity contribution is -0.151. The Balaban J connectivity index is 1.74. The smallest absolute Gasteiger partial charge is 0.303 e. The van der Waals surface area contributed by atoms with E-state index in [-0.39, 0.29) is 23.2 Å². The van der Waals surface area contributed by atoms with Crippen molar-refractivity contribution in [1.29, 1.82) is 0 Å². The van der Waals surface area contributed by atoms with E-state index in [0.717, 1.165) is 24.9 Å². The molecule has 5 rings (SSSR count). The van der Waals surface area contributed by atoms with Gasteiger partial charge in [0.15, 0.2) is 17.6 Å². The van der Waals surface area contributed by atoms with Crippen LogP contribution in [0.3, 0.4) is 0 Å². The molecule has 1 unspecified atom stereocenters. The van der Waals surface area contributed by atoms with Crippen LogP contribution in [0, 0.1) is 5.92 Å². The Bertz CT molecular complexity index is 743. The van der Waals surface area contributed by atoms with E-state index in [9.17, 15) is 9.90 Å². The molecular weight excluding hydrogens is 294 g/mol. The van der Waals surface area contributed by atoms with Gasteiger partial charge in [0.1, 0.15) is 6.10 Å². The fourth-order valence-electron chi connectivity index (χ4n) is 5.25. The second-order valence-corrected chi connectivity index (χ2v) is 7.03. The molecule has 1 fully saturated rings. The third-order valence-corrected chi connectivity index (χ3v) is 5.96. The minimum atomic E-state index is -0.403. The molecule has 5 nitrogen and oxygen atoms in total. The SMILES string of the molecule is CC(=O)O[C@H]1C=C[C@H]2C3Cc4ccc(O)c5c4[C@@]2(CCN3)[C@H]1O5. The van der Waals surface area contributed by atoms with Crippen molar-refractivity contribution in [1.82, 2.24) is 5.32 Å². The minimum absolute atomic E-state index is 0.185. The normalized spacial score (nSPS) is 38.7. The summed E-state index contributed by atoms with van der Waals surface area (Å²) in [5.74, 6) is 0.784. The van der Waals surface area contributed by atoms with Crippen molar-refractivity contribution in [3.05, 3.63) is 35.4 Å². The summed E-state index contributed by atoms with van der Waals surface area (Å²) < 4.78 is 11.7. The summed E-state index contributed by atoms with van der Waals surface area (Å²) in [5.41, 5.74) is 2.18. The van der Waals surface area contributed by atoms with Gasteiger partial charge in [-0.1, -0.05) is 12.1 Å². The number of piperidine rings is 1. The van der Waals surface area contributed by atoms with E-state index in [1.165, 1.54) is 12.5 Å².